The zero-order valence-electron chi connectivity index (χ0n) is 11.1. The van der Waals surface area contributed by atoms with E-state index in [2.05, 4.69) is 21.9 Å². The zero-order valence-corrected chi connectivity index (χ0v) is 11.1. The van der Waals surface area contributed by atoms with Crippen LogP contribution in [0.5, 0.6) is 0 Å². The quantitative estimate of drug-likeness (QED) is 0.558. The Balaban J connectivity index is 4.09. The molecule has 0 bridgehead atoms. The molecule has 0 aliphatic rings. The Morgan fingerprint density at radius 2 is 2.00 bits per heavy atom. The van der Waals surface area contributed by atoms with Gasteiger partial charge in [0.1, 0.15) is 19.2 Å². The van der Waals surface area contributed by atoms with E-state index in [1.807, 2.05) is 13.8 Å². The maximum absolute atomic E-state index is 11.5. The second-order valence-electron chi connectivity index (χ2n) is 4.33. The predicted octanol–water partition coefficient (Wildman–Crippen LogP) is 0.514. The Morgan fingerprint density at radius 3 is 2.47 bits per heavy atom. The van der Waals surface area contributed by atoms with E-state index in [1.165, 1.54) is 6.08 Å². The summed E-state index contributed by atoms with van der Waals surface area (Å²) in [4.78, 5) is 33.4. The number of nitrogens with one attached hydrogen (secondary N) is 2. The minimum atomic E-state index is -1.10. The fourth-order valence-corrected chi connectivity index (χ4v) is 1.28. The predicted molar refractivity (Wildman–Crippen MR) is 68.6 cm³/mol. The highest BCUT2D eigenvalue weighted by molar-refractivity contribution is 5.86. The molecule has 0 aliphatic heterocycles. The molecule has 0 rings (SSSR count). The molecular formula is C12H20N2O5. The van der Waals surface area contributed by atoms with Crippen LogP contribution in [0.1, 0.15) is 20.3 Å². The minimum absolute atomic E-state index is 0.0402. The van der Waals surface area contributed by atoms with Gasteiger partial charge in [0.15, 0.2) is 0 Å². The fraction of sp³-hybridized carbons (Fsp3) is 0.583. The first kappa shape index (κ1) is 16.9. The van der Waals surface area contributed by atoms with Crippen LogP contribution in [0.2, 0.25) is 0 Å². The van der Waals surface area contributed by atoms with E-state index in [4.69, 9.17) is 5.11 Å². The first-order valence-corrected chi connectivity index (χ1v) is 5.90. The Labute approximate surface area is 112 Å². The molecule has 108 valence electrons. The molecule has 1 atom stereocenters. The van der Waals surface area contributed by atoms with Crippen molar-refractivity contribution >= 4 is 18.0 Å². The molecule has 0 heterocycles. The number of hydrogen-bond donors (Lipinski definition) is 3. The molecule has 0 aliphatic carbocycles. The molecule has 3 N–H and O–H groups in total. The summed E-state index contributed by atoms with van der Waals surface area (Å²) in [7, 11) is 0. The van der Waals surface area contributed by atoms with Gasteiger partial charge in [0, 0.05) is 0 Å². The number of hydrogen-bond acceptors (Lipinski definition) is 4. The summed E-state index contributed by atoms with van der Waals surface area (Å²) in [6.45, 7) is 6.78. The molecule has 0 aromatic rings. The van der Waals surface area contributed by atoms with E-state index in [0.29, 0.717) is 6.42 Å². The van der Waals surface area contributed by atoms with Gasteiger partial charge in [-0.3, -0.25) is 4.79 Å². The van der Waals surface area contributed by atoms with Gasteiger partial charge in [-0.25, -0.2) is 9.59 Å². The van der Waals surface area contributed by atoms with Gasteiger partial charge in [0.25, 0.3) is 0 Å². The molecule has 0 radical (unpaired) electrons. The number of carbonyl (C=O) groups is 3. The molecule has 0 aromatic carbocycles. The van der Waals surface area contributed by atoms with Gasteiger partial charge in [-0.05, 0) is 12.3 Å². The number of carbonyl (C=O) groups excluding carboxylic acids is 2. The number of aliphatic carboxylic acids is 1. The van der Waals surface area contributed by atoms with E-state index in [-0.39, 0.29) is 19.1 Å². The number of alkyl carbamates (subject to hydrolysis) is 1. The monoisotopic (exact) mass is 272 g/mol. The Morgan fingerprint density at radius 1 is 1.37 bits per heavy atom. The molecule has 19 heavy (non-hydrogen) atoms. The van der Waals surface area contributed by atoms with Crippen molar-refractivity contribution in [1.29, 1.82) is 0 Å². The van der Waals surface area contributed by atoms with Gasteiger partial charge < -0.3 is 20.5 Å². The third kappa shape index (κ3) is 8.64. The van der Waals surface area contributed by atoms with Crippen LogP contribution in [-0.4, -0.2) is 42.3 Å². The smallest absolute Gasteiger partial charge is 0.407 e. The van der Waals surface area contributed by atoms with Gasteiger partial charge in [0.2, 0.25) is 5.91 Å². The van der Waals surface area contributed by atoms with Gasteiger partial charge >= 0.3 is 12.1 Å². The minimum Gasteiger partial charge on any atom is -0.480 e. The summed E-state index contributed by atoms with van der Waals surface area (Å²) >= 11 is 0. The topological polar surface area (TPSA) is 105 Å². The van der Waals surface area contributed by atoms with E-state index < -0.39 is 24.0 Å². The third-order valence-electron chi connectivity index (χ3n) is 2.07. The van der Waals surface area contributed by atoms with E-state index in [1.54, 1.807) is 0 Å². The van der Waals surface area contributed by atoms with Crippen molar-refractivity contribution in [2.24, 2.45) is 5.92 Å². The number of amides is 2. The van der Waals surface area contributed by atoms with Crippen LogP contribution in [0.4, 0.5) is 4.79 Å². The van der Waals surface area contributed by atoms with Crippen LogP contribution in [0.3, 0.4) is 0 Å². The Kier molecular flexibility index (Phi) is 7.99. The number of ether oxygens (including phenoxy) is 1. The highest BCUT2D eigenvalue weighted by Crippen LogP contribution is 2.04. The zero-order chi connectivity index (χ0) is 14.8. The lowest BCUT2D eigenvalue weighted by Crippen LogP contribution is -2.46. The second-order valence-corrected chi connectivity index (χ2v) is 4.33. The fourth-order valence-electron chi connectivity index (χ4n) is 1.28. The first-order chi connectivity index (χ1) is 8.86. The van der Waals surface area contributed by atoms with Crippen molar-refractivity contribution in [2.45, 2.75) is 26.3 Å². The van der Waals surface area contributed by atoms with Crippen LogP contribution < -0.4 is 10.6 Å². The molecule has 2 amide bonds. The van der Waals surface area contributed by atoms with Crippen LogP contribution >= 0.6 is 0 Å². The molecule has 0 aromatic heterocycles. The van der Waals surface area contributed by atoms with Crippen molar-refractivity contribution < 1.29 is 24.2 Å². The molecule has 7 nitrogen and oxygen atoms in total. The molecule has 0 saturated carbocycles. The third-order valence-corrected chi connectivity index (χ3v) is 2.07. The van der Waals surface area contributed by atoms with Crippen LogP contribution in [0, 0.1) is 5.92 Å². The molecule has 0 fully saturated rings. The van der Waals surface area contributed by atoms with E-state index in [9.17, 15) is 14.4 Å². The largest absolute Gasteiger partial charge is 0.480 e. The van der Waals surface area contributed by atoms with Gasteiger partial charge in [0.05, 0.1) is 0 Å². The number of rotatable bonds is 8. The first-order valence-electron chi connectivity index (χ1n) is 5.90. The maximum atomic E-state index is 11.5. The number of carboxylic acids is 1. The SMILES string of the molecule is C=CCOC(=O)NCC(=O)N[C@H](CC(C)C)C(=O)O. The van der Waals surface area contributed by atoms with Crippen LogP contribution in [0.25, 0.3) is 0 Å². The standard InChI is InChI=1S/C12H20N2O5/c1-4-5-19-12(18)13-7-10(15)14-9(11(16)17)6-8(2)3/h4,8-9H,1,5-7H2,2-3H3,(H,13,18)(H,14,15)(H,16,17)/t9-/m1/s1. The average molecular weight is 272 g/mol. The normalized spacial score (nSPS) is 11.5. The lowest BCUT2D eigenvalue weighted by molar-refractivity contribution is -0.142. The Bertz CT molecular complexity index is 341. The summed E-state index contributed by atoms with van der Waals surface area (Å²) in [5.74, 6) is -1.55. The van der Waals surface area contributed by atoms with E-state index >= 15 is 0 Å². The summed E-state index contributed by atoms with van der Waals surface area (Å²) in [6.07, 6.45) is 0.954. The molecule has 0 unspecified atom stereocenters. The van der Waals surface area contributed by atoms with Crippen molar-refractivity contribution in [2.75, 3.05) is 13.2 Å². The summed E-state index contributed by atoms with van der Waals surface area (Å²) in [5.41, 5.74) is 0. The highest BCUT2D eigenvalue weighted by atomic mass is 16.5. The lowest BCUT2D eigenvalue weighted by Gasteiger charge is -2.16. The van der Waals surface area contributed by atoms with Crippen molar-refractivity contribution in [3.05, 3.63) is 12.7 Å². The van der Waals surface area contributed by atoms with E-state index in [0.717, 1.165) is 0 Å². The van der Waals surface area contributed by atoms with Crippen LogP contribution in [-0.2, 0) is 14.3 Å². The summed E-state index contributed by atoms with van der Waals surface area (Å²) in [5, 5.41) is 13.5. The summed E-state index contributed by atoms with van der Waals surface area (Å²) < 4.78 is 4.59. The van der Waals surface area contributed by atoms with Crippen molar-refractivity contribution in [3.63, 3.8) is 0 Å². The summed E-state index contributed by atoms with van der Waals surface area (Å²) in [6, 6.07) is -0.960. The molecule has 0 spiro atoms. The van der Waals surface area contributed by atoms with Crippen LogP contribution in [0.15, 0.2) is 12.7 Å². The second kappa shape index (κ2) is 8.96. The Hall–Kier alpha value is -2.05. The molecule has 0 saturated heterocycles. The molecule has 7 heteroatoms. The average Bonchev–Trinajstić information content (AvgIpc) is 2.32. The number of carboxylic acid groups (broad SMARTS) is 1. The van der Waals surface area contributed by atoms with Crippen molar-refractivity contribution in [3.8, 4) is 0 Å². The van der Waals surface area contributed by atoms with Crippen molar-refractivity contribution in [1.82, 2.24) is 10.6 Å². The lowest BCUT2D eigenvalue weighted by atomic mass is 10.0. The highest BCUT2D eigenvalue weighted by Gasteiger charge is 2.21. The van der Waals surface area contributed by atoms with Gasteiger partial charge in [-0.15, -0.1) is 0 Å². The maximum Gasteiger partial charge on any atom is 0.407 e. The molecular weight excluding hydrogens is 252 g/mol. The van der Waals surface area contributed by atoms with Gasteiger partial charge in [-0.2, -0.15) is 0 Å². The van der Waals surface area contributed by atoms with Gasteiger partial charge in [-0.1, -0.05) is 26.5 Å².